The number of ether oxygens (including phenoxy) is 1. The Morgan fingerprint density at radius 2 is 1.56 bits per heavy atom. The number of halogens is 1. The van der Waals surface area contributed by atoms with Crippen LogP contribution in [0.1, 0.15) is 20.3 Å². The monoisotopic (exact) mass is 455 g/mol. The van der Waals surface area contributed by atoms with Crippen molar-refractivity contribution in [1.29, 1.82) is 0 Å². The lowest BCUT2D eigenvalue weighted by Gasteiger charge is -2.33. The van der Waals surface area contributed by atoms with Crippen molar-refractivity contribution < 1.29 is 23.9 Å². The summed E-state index contributed by atoms with van der Waals surface area (Å²) in [7, 11) is 1.22. The minimum absolute atomic E-state index is 0.106. The van der Waals surface area contributed by atoms with Crippen LogP contribution in [-0.4, -0.2) is 30.8 Å². The first kappa shape index (κ1) is 23.0. The summed E-state index contributed by atoms with van der Waals surface area (Å²) in [5.74, 6) is -2.76. The van der Waals surface area contributed by atoms with E-state index in [4.69, 9.17) is 16.3 Å². The molecule has 1 aliphatic heterocycles. The molecule has 0 saturated carbocycles. The van der Waals surface area contributed by atoms with Crippen LogP contribution in [0.15, 0.2) is 59.8 Å². The molecule has 0 radical (unpaired) electrons. The van der Waals surface area contributed by atoms with Crippen LogP contribution in [-0.2, 0) is 23.9 Å². The van der Waals surface area contributed by atoms with Gasteiger partial charge in [-0.1, -0.05) is 11.6 Å². The summed E-state index contributed by atoms with van der Waals surface area (Å²) in [5, 5.41) is 5.87. The molecule has 8 nitrogen and oxygen atoms in total. The van der Waals surface area contributed by atoms with Crippen molar-refractivity contribution >= 4 is 52.4 Å². The van der Waals surface area contributed by atoms with E-state index in [-0.39, 0.29) is 23.8 Å². The fourth-order valence-electron chi connectivity index (χ4n) is 3.55. The normalized spacial score (nSPS) is 15.9. The Labute approximate surface area is 190 Å². The van der Waals surface area contributed by atoms with E-state index in [0.29, 0.717) is 27.8 Å². The summed E-state index contributed by atoms with van der Waals surface area (Å²) in [5.41, 5.74) is 1.99. The van der Waals surface area contributed by atoms with Crippen molar-refractivity contribution in [2.45, 2.75) is 20.3 Å². The van der Waals surface area contributed by atoms with E-state index in [0.717, 1.165) is 0 Å². The first-order chi connectivity index (χ1) is 15.2. The van der Waals surface area contributed by atoms with Gasteiger partial charge in [-0.05, 0) is 55.5 Å². The zero-order valence-electron chi connectivity index (χ0n) is 17.8. The third-order valence-corrected chi connectivity index (χ3v) is 5.23. The Kier molecular flexibility index (Phi) is 6.95. The fraction of sp³-hybridized carbons (Fsp3) is 0.217. The lowest BCUT2D eigenvalue weighted by Crippen LogP contribution is -2.43. The van der Waals surface area contributed by atoms with Gasteiger partial charge < -0.3 is 15.4 Å². The van der Waals surface area contributed by atoms with Crippen molar-refractivity contribution in [2.24, 2.45) is 5.92 Å². The van der Waals surface area contributed by atoms with Crippen LogP contribution < -0.4 is 15.5 Å². The van der Waals surface area contributed by atoms with E-state index in [1.165, 1.54) is 18.9 Å². The highest BCUT2D eigenvalue weighted by Gasteiger charge is 2.40. The second-order valence-corrected chi connectivity index (χ2v) is 7.64. The number of carbonyl (C=O) groups excluding carboxylic acids is 4. The predicted octanol–water partition coefficient (Wildman–Crippen LogP) is 3.74. The maximum absolute atomic E-state index is 13.0. The fourth-order valence-corrected chi connectivity index (χ4v) is 3.67. The van der Waals surface area contributed by atoms with Crippen molar-refractivity contribution in [3.63, 3.8) is 0 Å². The molecule has 1 atom stereocenters. The number of hydrogen-bond acceptors (Lipinski definition) is 5. The van der Waals surface area contributed by atoms with Gasteiger partial charge in [-0.2, -0.15) is 0 Å². The van der Waals surface area contributed by atoms with Gasteiger partial charge in [0, 0.05) is 41.1 Å². The Balaban J connectivity index is 1.90. The van der Waals surface area contributed by atoms with Gasteiger partial charge in [0.1, 0.15) is 0 Å². The second-order valence-electron chi connectivity index (χ2n) is 7.20. The van der Waals surface area contributed by atoms with Crippen LogP contribution in [0.25, 0.3) is 0 Å². The first-order valence-corrected chi connectivity index (χ1v) is 10.1. The number of esters is 1. The molecule has 32 heavy (non-hydrogen) atoms. The molecular weight excluding hydrogens is 434 g/mol. The quantitative estimate of drug-likeness (QED) is 0.668. The Hall–Kier alpha value is -3.65. The average molecular weight is 456 g/mol. The summed E-state index contributed by atoms with van der Waals surface area (Å²) in [4.78, 5) is 51.1. The van der Waals surface area contributed by atoms with Crippen LogP contribution in [0.5, 0.6) is 0 Å². The molecule has 0 fully saturated rings. The molecule has 3 amide bonds. The van der Waals surface area contributed by atoms with Crippen molar-refractivity contribution in [2.75, 3.05) is 22.6 Å². The Bertz CT molecular complexity index is 1090. The minimum Gasteiger partial charge on any atom is -0.466 e. The maximum Gasteiger partial charge on any atom is 0.336 e. The summed E-state index contributed by atoms with van der Waals surface area (Å²) in [6.07, 6.45) is -0.208. The second kappa shape index (κ2) is 9.65. The zero-order valence-corrected chi connectivity index (χ0v) is 18.5. The molecule has 2 N–H and O–H groups in total. The van der Waals surface area contributed by atoms with Gasteiger partial charge in [0.2, 0.25) is 17.7 Å². The summed E-state index contributed by atoms with van der Waals surface area (Å²) >= 11 is 5.94. The predicted molar refractivity (Wildman–Crippen MR) is 121 cm³/mol. The molecule has 0 saturated heterocycles. The number of carbonyl (C=O) groups is 4. The number of benzene rings is 2. The molecule has 1 heterocycles. The van der Waals surface area contributed by atoms with Gasteiger partial charge in [0.25, 0.3) is 0 Å². The number of hydrogen-bond donors (Lipinski definition) is 2. The highest BCUT2D eigenvalue weighted by molar-refractivity contribution is 6.30. The lowest BCUT2D eigenvalue weighted by atomic mass is 9.88. The SMILES string of the molecule is COC(=O)C1=C(C)N(c2ccc(Cl)cc2)C(=O)C[C@H]1C(=O)Nc1ccc(NC(C)=O)cc1. The molecule has 166 valence electrons. The Morgan fingerprint density at radius 3 is 2.09 bits per heavy atom. The van der Waals surface area contributed by atoms with E-state index >= 15 is 0 Å². The number of nitrogens with zero attached hydrogens (tertiary/aromatic N) is 1. The van der Waals surface area contributed by atoms with E-state index in [2.05, 4.69) is 10.6 Å². The molecule has 0 spiro atoms. The van der Waals surface area contributed by atoms with Gasteiger partial charge in [0.05, 0.1) is 18.6 Å². The van der Waals surface area contributed by atoms with Gasteiger partial charge in [0.15, 0.2) is 0 Å². The van der Waals surface area contributed by atoms with Crippen molar-refractivity contribution in [1.82, 2.24) is 0 Å². The third-order valence-electron chi connectivity index (χ3n) is 4.98. The van der Waals surface area contributed by atoms with Crippen LogP contribution in [0.4, 0.5) is 17.1 Å². The van der Waals surface area contributed by atoms with Crippen LogP contribution >= 0.6 is 11.6 Å². The topological polar surface area (TPSA) is 105 Å². The van der Waals surface area contributed by atoms with Crippen molar-refractivity contribution in [3.05, 3.63) is 64.8 Å². The van der Waals surface area contributed by atoms with E-state index in [9.17, 15) is 19.2 Å². The van der Waals surface area contributed by atoms with Gasteiger partial charge >= 0.3 is 5.97 Å². The Morgan fingerprint density at radius 1 is 1.00 bits per heavy atom. The van der Waals surface area contributed by atoms with Crippen LogP contribution in [0.3, 0.4) is 0 Å². The molecule has 0 unspecified atom stereocenters. The molecule has 0 aromatic heterocycles. The van der Waals surface area contributed by atoms with E-state index < -0.39 is 17.8 Å². The standard InChI is InChI=1S/C23H22ClN3O5/c1-13-21(23(31)32-3)19(12-20(29)27(13)18-10-4-15(24)5-11-18)22(30)26-17-8-6-16(7-9-17)25-14(2)28/h4-11,19H,12H2,1-3H3,(H,25,28)(H,26,30)/t19-/m1/s1. The highest BCUT2D eigenvalue weighted by atomic mass is 35.5. The molecular formula is C23H22ClN3O5. The van der Waals surface area contributed by atoms with Crippen LogP contribution in [0.2, 0.25) is 5.02 Å². The summed E-state index contributed by atoms with van der Waals surface area (Å²) < 4.78 is 4.91. The molecule has 0 bridgehead atoms. The number of allylic oxidation sites excluding steroid dienone is 1. The smallest absolute Gasteiger partial charge is 0.336 e. The zero-order chi connectivity index (χ0) is 23.4. The lowest BCUT2D eigenvalue weighted by molar-refractivity contribution is -0.138. The first-order valence-electron chi connectivity index (χ1n) is 9.77. The maximum atomic E-state index is 13.0. The van der Waals surface area contributed by atoms with Crippen molar-refractivity contribution in [3.8, 4) is 0 Å². The molecule has 9 heteroatoms. The third kappa shape index (κ3) is 4.97. The summed E-state index contributed by atoms with van der Waals surface area (Å²) in [6.45, 7) is 2.99. The molecule has 3 rings (SSSR count). The highest BCUT2D eigenvalue weighted by Crippen LogP contribution is 2.34. The number of nitrogens with one attached hydrogen (secondary N) is 2. The number of anilines is 3. The largest absolute Gasteiger partial charge is 0.466 e. The average Bonchev–Trinajstić information content (AvgIpc) is 2.75. The number of rotatable bonds is 5. The van der Waals surface area contributed by atoms with Gasteiger partial charge in [-0.3, -0.25) is 19.3 Å². The molecule has 2 aromatic carbocycles. The van der Waals surface area contributed by atoms with Gasteiger partial charge in [-0.25, -0.2) is 4.79 Å². The number of methoxy groups -OCH3 is 1. The molecule has 1 aliphatic rings. The van der Waals surface area contributed by atoms with Crippen LogP contribution in [0, 0.1) is 5.92 Å². The number of amides is 3. The molecule has 2 aromatic rings. The van der Waals surface area contributed by atoms with Gasteiger partial charge in [-0.15, -0.1) is 0 Å². The summed E-state index contributed by atoms with van der Waals surface area (Å²) in [6, 6.07) is 13.1. The minimum atomic E-state index is -1.02. The molecule has 0 aliphatic carbocycles. The van der Waals surface area contributed by atoms with E-state index in [1.54, 1.807) is 55.5 Å². The van der Waals surface area contributed by atoms with E-state index in [1.807, 2.05) is 0 Å².